The van der Waals surface area contributed by atoms with Gasteiger partial charge in [0.05, 0.1) is 13.2 Å². The van der Waals surface area contributed by atoms with Crippen LogP contribution in [0.15, 0.2) is 35.3 Å². The number of aliphatic hydroxyl groups excluding tert-OH is 1. The van der Waals surface area contributed by atoms with E-state index in [1.807, 2.05) is 30.3 Å². The topological polar surface area (TPSA) is 70.6 Å². The van der Waals surface area contributed by atoms with Gasteiger partial charge in [0.1, 0.15) is 0 Å². The third kappa shape index (κ3) is 6.20. The van der Waals surface area contributed by atoms with Crippen LogP contribution in [0.25, 0.3) is 0 Å². The largest absolute Gasteiger partial charge is 0.396 e. The Kier molecular flexibility index (Phi) is 9.67. The molecule has 0 heterocycles. The Morgan fingerprint density at radius 2 is 2.06 bits per heavy atom. The number of hydrogen-bond acceptors (Lipinski definition) is 2. The van der Waals surface area contributed by atoms with Gasteiger partial charge in [-0.25, -0.2) is 0 Å². The number of benzene rings is 1. The standard InChI is InChI=1S/C13H21N3O.HI/c1-2-8-15-13(14)16-9-12(10-17)11-6-4-3-5-7-11;/h3-7,12,17H,2,8-10H2,1H3,(H3,14,15,16);1H. The van der Waals surface area contributed by atoms with Crippen molar-refractivity contribution < 1.29 is 5.11 Å². The lowest BCUT2D eigenvalue weighted by Gasteiger charge is -2.12. The number of halogens is 1. The minimum absolute atomic E-state index is 0. The molecule has 0 spiro atoms. The summed E-state index contributed by atoms with van der Waals surface area (Å²) < 4.78 is 0. The molecule has 18 heavy (non-hydrogen) atoms. The van der Waals surface area contributed by atoms with E-state index in [1.165, 1.54) is 0 Å². The molecule has 102 valence electrons. The highest BCUT2D eigenvalue weighted by Gasteiger charge is 2.08. The molecule has 0 saturated carbocycles. The molecule has 1 aromatic carbocycles. The maximum Gasteiger partial charge on any atom is 0.188 e. The zero-order chi connectivity index (χ0) is 12.5. The highest BCUT2D eigenvalue weighted by atomic mass is 127. The van der Waals surface area contributed by atoms with Crippen LogP contribution in [-0.4, -0.2) is 30.8 Å². The summed E-state index contributed by atoms with van der Waals surface area (Å²) in [5, 5.41) is 12.3. The average molecular weight is 363 g/mol. The number of guanidine groups is 1. The fourth-order valence-electron chi connectivity index (χ4n) is 1.51. The second-order valence-electron chi connectivity index (χ2n) is 3.94. The lowest BCUT2D eigenvalue weighted by Crippen LogP contribution is -2.32. The first-order chi connectivity index (χ1) is 8.27. The van der Waals surface area contributed by atoms with Gasteiger partial charge in [-0.15, -0.1) is 24.0 Å². The quantitative estimate of drug-likeness (QED) is 0.409. The second kappa shape index (κ2) is 10.1. The average Bonchev–Trinajstić information content (AvgIpc) is 2.38. The summed E-state index contributed by atoms with van der Waals surface area (Å²) in [5.41, 5.74) is 6.78. The summed E-state index contributed by atoms with van der Waals surface area (Å²) in [4.78, 5) is 4.23. The van der Waals surface area contributed by atoms with Crippen LogP contribution in [0.3, 0.4) is 0 Å². The Hall–Kier alpha value is -0.820. The van der Waals surface area contributed by atoms with Crippen molar-refractivity contribution >= 4 is 29.9 Å². The van der Waals surface area contributed by atoms with Crippen molar-refractivity contribution in [3.05, 3.63) is 35.9 Å². The zero-order valence-electron chi connectivity index (χ0n) is 10.7. The predicted octanol–water partition coefficient (Wildman–Crippen LogP) is 1.69. The van der Waals surface area contributed by atoms with Crippen LogP contribution in [0.1, 0.15) is 24.8 Å². The Morgan fingerprint density at radius 1 is 1.39 bits per heavy atom. The van der Waals surface area contributed by atoms with E-state index in [0.717, 1.165) is 18.5 Å². The third-order valence-electron chi connectivity index (χ3n) is 2.53. The van der Waals surface area contributed by atoms with Gasteiger partial charge in [0, 0.05) is 12.5 Å². The molecule has 0 aliphatic rings. The minimum atomic E-state index is 0. The number of nitrogens with two attached hydrogens (primary N) is 1. The van der Waals surface area contributed by atoms with Crippen molar-refractivity contribution in [2.24, 2.45) is 10.7 Å². The van der Waals surface area contributed by atoms with Crippen LogP contribution >= 0.6 is 24.0 Å². The molecule has 0 aromatic heterocycles. The van der Waals surface area contributed by atoms with Gasteiger partial charge in [-0.05, 0) is 12.0 Å². The summed E-state index contributed by atoms with van der Waals surface area (Å²) in [5.74, 6) is 0.458. The van der Waals surface area contributed by atoms with Gasteiger partial charge >= 0.3 is 0 Å². The molecule has 0 fully saturated rings. The van der Waals surface area contributed by atoms with Crippen molar-refractivity contribution in [2.75, 3.05) is 19.7 Å². The second-order valence-corrected chi connectivity index (χ2v) is 3.94. The first-order valence-electron chi connectivity index (χ1n) is 5.97. The van der Waals surface area contributed by atoms with Crippen LogP contribution in [-0.2, 0) is 0 Å². The van der Waals surface area contributed by atoms with Crippen molar-refractivity contribution in [3.8, 4) is 0 Å². The molecule has 0 saturated heterocycles. The molecule has 1 aromatic rings. The van der Waals surface area contributed by atoms with Crippen molar-refractivity contribution in [1.82, 2.24) is 5.32 Å². The van der Waals surface area contributed by atoms with Gasteiger partial charge in [-0.2, -0.15) is 0 Å². The van der Waals surface area contributed by atoms with Crippen LogP contribution in [0, 0.1) is 0 Å². The van der Waals surface area contributed by atoms with E-state index in [-0.39, 0.29) is 36.5 Å². The van der Waals surface area contributed by atoms with E-state index in [2.05, 4.69) is 17.2 Å². The number of aliphatic hydroxyl groups is 1. The highest BCUT2D eigenvalue weighted by molar-refractivity contribution is 14.0. The van der Waals surface area contributed by atoms with Gasteiger partial charge in [0.2, 0.25) is 0 Å². The molecule has 0 aliphatic heterocycles. The number of rotatable bonds is 6. The van der Waals surface area contributed by atoms with E-state index in [0.29, 0.717) is 12.5 Å². The minimum Gasteiger partial charge on any atom is -0.396 e. The van der Waals surface area contributed by atoms with Gasteiger partial charge in [-0.1, -0.05) is 37.3 Å². The van der Waals surface area contributed by atoms with Gasteiger partial charge in [-0.3, -0.25) is 4.99 Å². The van der Waals surface area contributed by atoms with E-state index in [1.54, 1.807) is 0 Å². The fraction of sp³-hybridized carbons (Fsp3) is 0.462. The molecule has 5 heteroatoms. The molecule has 0 amide bonds. The monoisotopic (exact) mass is 363 g/mol. The summed E-state index contributed by atoms with van der Waals surface area (Å²) in [6.45, 7) is 3.48. The molecule has 1 rings (SSSR count). The van der Waals surface area contributed by atoms with E-state index in [4.69, 9.17) is 5.73 Å². The van der Waals surface area contributed by atoms with Crippen LogP contribution in [0.4, 0.5) is 0 Å². The molecule has 4 nitrogen and oxygen atoms in total. The van der Waals surface area contributed by atoms with Crippen LogP contribution in [0.2, 0.25) is 0 Å². The lowest BCUT2D eigenvalue weighted by molar-refractivity contribution is 0.268. The molecule has 0 radical (unpaired) electrons. The van der Waals surface area contributed by atoms with Crippen LogP contribution in [0.5, 0.6) is 0 Å². The van der Waals surface area contributed by atoms with Crippen LogP contribution < -0.4 is 11.1 Å². The molecule has 1 atom stereocenters. The summed E-state index contributed by atoms with van der Waals surface area (Å²) in [6, 6.07) is 9.86. The maximum atomic E-state index is 9.34. The first kappa shape index (κ1) is 17.2. The molecular weight excluding hydrogens is 341 g/mol. The van der Waals surface area contributed by atoms with Gasteiger partial charge < -0.3 is 16.2 Å². The van der Waals surface area contributed by atoms with Gasteiger partial charge in [0.25, 0.3) is 0 Å². The Balaban J connectivity index is 0.00000289. The Bertz CT molecular complexity index is 343. The van der Waals surface area contributed by atoms with E-state index >= 15 is 0 Å². The number of hydrogen-bond donors (Lipinski definition) is 3. The molecule has 4 N–H and O–H groups in total. The molecule has 0 bridgehead atoms. The summed E-state index contributed by atoms with van der Waals surface area (Å²) in [6.07, 6.45) is 1.01. The van der Waals surface area contributed by atoms with Crippen molar-refractivity contribution in [3.63, 3.8) is 0 Å². The number of nitrogens with one attached hydrogen (secondary N) is 1. The van der Waals surface area contributed by atoms with Crippen molar-refractivity contribution in [2.45, 2.75) is 19.3 Å². The first-order valence-corrected chi connectivity index (χ1v) is 5.97. The highest BCUT2D eigenvalue weighted by Crippen LogP contribution is 2.14. The zero-order valence-corrected chi connectivity index (χ0v) is 13.0. The van der Waals surface area contributed by atoms with E-state index in [9.17, 15) is 5.11 Å². The number of aliphatic imine (C=N–C) groups is 1. The summed E-state index contributed by atoms with van der Waals surface area (Å²) >= 11 is 0. The lowest BCUT2D eigenvalue weighted by atomic mass is 10.0. The smallest absolute Gasteiger partial charge is 0.188 e. The predicted molar refractivity (Wildman–Crippen MR) is 86.5 cm³/mol. The van der Waals surface area contributed by atoms with Gasteiger partial charge in [0.15, 0.2) is 5.96 Å². The number of nitrogens with zero attached hydrogens (tertiary/aromatic N) is 1. The Labute approximate surface area is 126 Å². The normalized spacial score (nSPS) is 12.7. The Morgan fingerprint density at radius 3 is 2.61 bits per heavy atom. The SMILES string of the molecule is CCCNC(N)=NCC(CO)c1ccccc1.I. The van der Waals surface area contributed by atoms with E-state index < -0.39 is 0 Å². The molecule has 1 unspecified atom stereocenters. The van der Waals surface area contributed by atoms with Crippen molar-refractivity contribution in [1.29, 1.82) is 0 Å². The third-order valence-corrected chi connectivity index (χ3v) is 2.53. The summed E-state index contributed by atoms with van der Waals surface area (Å²) in [7, 11) is 0. The molecular formula is C13H22IN3O. The molecule has 0 aliphatic carbocycles. The fourth-order valence-corrected chi connectivity index (χ4v) is 1.51. The maximum absolute atomic E-state index is 9.34.